The molecule has 35 heavy (non-hydrogen) atoms. The number of para-hydroxylation sites is 2. The number of aromatic nitrogens is 2. The zero-order chi connectivity index (χ0) is 24.2. The average Bonchev–Trinajstić information content (AvgIpc) is 2.90. The monoisotopic (exact) mass is 466 g/mol. The van der Waals surface area contributed by atoms with Crippen molar-refractivity contribution < 1.29 is 4.79 Å². The van der Waals surface area contributed by atoms with Crippen LogP contribution in [0.25, 0.3) is 11.0 Å². The molecule has 1 saturated heterocycles. The first-order valence-corrected chi connectivity index (χ1v) is 12.2. The molecule has 1 N–H and O–H groups in total. The topological polar surface area (TPSA) is 67.2 Å². The van der Waals surface area contributed by atoms with Crippen molar-refractivity contribution >= 4 is 22.8 Å². The Kier molecular flexibility index (Phi) is 6.62. The van der Waals surface area contributed by atoms with Crippen molar-refractivity contribution in [1.82, 2.24) is 14.9 Å². The lowest BCUT2D eigenvalue weighted by Crippen LogP contribution is -2.43. The lowest BCUT2D eigenvalue weighted by Gasteiger charge is -2.32. The van der Waals surface area contributed by atoms with E-state index in [4.69, 9.17) is 4.98 Å². The Morgan fingerprint density at radius 2 is 1.63 bits per heavy atom. The van der Waals surface area contributed by atoms with Gasteiger partial charge in [0.2, 0.25) is 5.91 Å². The van der Waals surface area contributed by atoms with Crippen LogP contribution in [0.2, 0.25) is 0 Å². The van der Waals surface area contributed by atoms with Crippen molar-refractivity contribution in [1.29, 1.82) is 0 Å². The summed E-state index contributed by atoms with van der Waals surface area (Å²) in [6.45, 7) is 4.36. The van der Waals surface area contributed by atoms with Gasteiger partial charge in [-0.25, -0.2) is 4.98 Å². The fourth-order valence-electron chi connectivity index (χ4n) is 4.80. The molecule has 6 heteroatoms. The van der Waals surface area contributed by atoms with Crippen LogP contribution in [-0.4, -0.2) is 28.5 Å². The first kappa shape index (κ1) is 22.8. The van der Waals surface area contributed by atoms with E-state index in [1.807, 2.05) is 82.3 Å². The summed E-state index contributed by atoms with van der Waals surface area (Å²) in [7, 11) is 0. The van der Waals surface area contributed by atoms with Gasteiger partial charge in [0.1, 0.15) is 0 Å². The summed E-state index contributed by atoms with van der Waals surface area (Å²) in [5.74, 6) is 0.501. The zero-order valence-corrected chi connectivity index (χ0v) is 20.0. The number of piperidine rings is 1. The van der Waals surface area contributed by atoms with Crippen LogP contribution in [-0.2, 0) is 17.9 Å². The minimum atomic E-state index is -0.0880. The van der Waals surface area contributed by atoms with Crippen molar-refractivity contribution in [2.45, 2.75) is 32.9 Å². The fourth-order valence-corrected chi connectivity index (χ4v) is 4.80. The number of hydrogen-bond acceptors (Lipinski definition) is 4. The molecule has 1 aliphatic heterocycles. The number of aryl methyl sites for hydroxylation is 1. The highest BCUT2D eigenvalue weighted by atomic mass is 16.2. The molecule has 0 unspecified atom stereocenters. The molecular weight excluding hydrogens is 436 g/mol. The predicted octanol–water partition coefficient (Wildman–Crippen LogP) is 4.29. The van der Waals surface area contributed by atoms with E-state index in [1.54, 1.807) is 0 Å². The molecule has 2 heterocycles. The molecule has 0 aliphatic carbocycles. The highest BCUT2D eigenvalue weighted by molar-refractivity contribution is 5.79. The number of fused-ring (bicyclic) bond motifs is 1. The summed E-state index contributed by atoms with van der Waals surface area (Å²) in [5.41, 5.74) is 4.93. The van der Waals surface area contributed by atoms with E-state index in [2.05, 4.69) is 18.3 Å². The first-order chi connectivity index (χ1) is 17.1. The summed E-state index contributed by atoms with van der Waals surface area (Å²) >= 11 is 0. The summed E-state index contributed by atoms with van der Waals surface area (Å²) in [5, 5.41) is 3.10. The first-order valence-electron chi connectivity index (χ1n) is 12.2. The number of carbonyl (C=O) groups is 1. The van der Waals surface area contributed by atoms with Crippen LogP contribution >= 0.6 is 0 Å². The van der Waals surface area contributed by atoms with Crippen LogP contribution in [0.3, 0.4) is 0 Å². The van der Waals surface area contributed by atoms with Crippen molar-refractivity contribution in [3.05, 3.63) is 106 Å². The lowest BCUT2D eigenvalue weighted by molar-refractivity contribution is -0.125. The fraction of sp³-hybridized carbons (Fsp3) is 0.276. The quantitative estimate of drug-likeness (QED) is 0.461. The van der Waals surface area contributed by atoms with Gasteiger partial charge < -0.3 is 10.2 Å². The molecule has 0 saturated carbocycles. The minimum absolute atomic E-state index is 0.0535. The molecule has 5 rings (SSSR count). The third kappa shape index (κ3) is 4.97. The zero-order valence-electron chi connectivity index (χ0n) is 20.0. The van der Waals surface area contributed by atoms with Gasteiger partial charge in [-0.05, 0) is 48.6 Å². The number of amides is 1. The smallest absolute Gasteiger partial charge is 0.294 e. The van der Waals surface area contributed by atoms with Gasteiger partial charge in [0, 0.05) is 25.6 Å². The van der Waals surface area contributed by atoms with Gasteiger partial charge in [-0.15, -0.1) is 0 Å². The normalized spacial score (nSPS) is 14.3. The maximum Gasteiger partial charge on any atom is 0.294 e. The van der Waals surface area contributed by atoms with Gasteiger partial charge in [0.25, 0.3) is 5.56 Å². The summed E-state index contributed by atoms with van der Waals surface area (Å²) in [6.07, 6.45) is 1.40. The van der Waals surface area contributed by atoms with E-state index < -0.39 is 0 Å². The molecule has 1 amide bonds. The number of carbonyl (C=O) groups excluding carboxylic acids is 1. The second kappa shape index (κ2) is 10.1. The second-order valence-corrected chi connectivity index (χ2v) is 9.21. The van der Waals surface area contributed by atoms with Gasteiger partial charge in [0.05, 0.1) is 17.6 Å². The molecular formula is C29H30N4O2. The second-order valence-electron chi connectivity index (χ2n) is 9.21. The third-order valence-electron chi connectivity index (χ3n) is 6.90. The van der Waals surface area contributed by atoms with E-state index in [1.165, 1.54) is 5.56 Å². The predicted molar refractivity (Wildman–Crippen MR) is 140 cm³/mol. The largest absolute Gasteiger partial charge is 0.352 e. The molecule has 6 nitrogen and oxygen atoms in total. The van der Waals surface area contributed by atoms with Crippen molar-refractivity contribution in [3.63, 3.8) is 0 Å². The Morgan fingerprint density at radius 3 is 2.40 bits per heavy atom. The summed E-state index contributed by atoms with van der Waals surface area (Å²) in [4.78, 5) is 33.2. The molecule has 178 valence electrons. The standard InChI is InChI=1S/C29H30N4O2/c1-21-9-5-6-12-24(21)19-30-28(34)23-15-17-32(18-16-23)27-29(35)33(20-22-10-3-2-4-11-22)26-14-8-7-13-25(26)31-27/h2-14,23H,15-20H2,1H3,(H,30,34). The van der Waals surface area contributed by atoms with E-state index in [0.29, 0.717) is 44.8 Å². The highest BCUT2D eigenvalue weighted by Crippen LogP contribution is 2.23. The van der Waals surface area contributed by atoms with E-state index in [0.717, 1.165) is 22.2 Å². The SMILES string of the molecule is Cc1ccccc1CNC(=O)C1CCN(c2nc3ccccc3n(Cc3ccccc3)c2=O)CC1. The van der Waals surface area contributed by atoms with E-state index >= 15 is 0 Å². The third-order valence-corrected chi connectivity index (χ3v) is 6.90. The van der Waals surface area contributed by atoms with Crippen molar-refractivity contribution in [3.8, 4) is 0 Å². The number of anilines is 1. The molecule has 0 spiro atoms. The van der Waals surface area contributed by atoms with Crippen molar-refractivity contribution in [2.75, 3.05) is 18.0 Å². The van der Waals surface area contributed by atoms with Crippen LogP contribution in [0.1, 0.15) is 29.5 Å². The number of rotatable bonds is 6. The molecule has 1 fully saturated rings. The number of nitrogens with zero attached hydrogens (tertiary/aromatic N) is 3. The maximum atomic E-state index is 13.6. The van der Waals surface area contributed by atoms with E-state index in [-0.39, 0.29) is 17.4 Å². The van der Waals surface area contributed by atoms with Gasteiger partial charge in [0.15, 0.2) is 5.82 Å². The molecule has 1 aliphatic rings. The number of hydrogen-bond donors (Lipinski definition) is 1. The van der Waals surface area contributed by atoms with Gasteiger partial charge in [-0.3, -0.25) is 14.2 Å². The Morgan fingerprint density at radius 1 is 0.943 bits per heavy atom. The molecule has 0 bridgehead atoms. The van der Waals surface area contributed by atoms with E-state index in [9.17, 15) is 9.59 Å². The Balaban J connectivity index is 1.32. The summed E-state index contributed by atoms with van der Waals surface area (Å²) < 4.78 is 1.81. The highest BCUT2D eigenvalue weighted by Gasteiger charge is 2.27. The van der Waals surface area contributed by atoms with Crippen LogP contribution in [0, 0.1) is 12.8 Å². The Bertz CT molecular complexity index is 1390. The van der Waals surface area contributed by atoms with Gasteiger partial charge in [-0.1, -0.05) is 66.7 Å². The van der Waals surface area contributed by atoms with Gasteiger partial charge >= 0.3 is 0 Å². The molecule has 1 aromatic heterocycles. The maximum absolute atomic E-state index is 13.6. The van der Waals surface area contributed by atoms with Crippen LogP contribution < -0.4 is 15.8 Å². The van der Waals surface area contributed by atoms with Gasteiger partial charge in [-0.2, -0.15) is 0 Å². The molecule has 3 aromatic carbocycles. The molecule has 4 aromatic rings. The van der Waals surface area contributed by atoms with Crippen molar-refractivity contribution in [2.24, 2.45) is 5.92 Å². The lowest BCUT2D eigenvalue weighted by atomic mass is 9.95. The molecule has 0 radical (unpaired) electrons. The number of benzene rings is 3. The minimum Gasteiger partial charge on any atom is -0.352 e. The van der Waals surface area contributed by atoms with Crippen LogP contribution in [0.15, 0.2) is 83.7 Å². The summed E-state index contributed by atoms with van der Waals surface area (Å²) in [6, 6.07) is 25.9. The Labute approximate surface area is 205 Å². The van der Waals surface area contributed by atoms with Crippen LogP contribution in [0.5, 0.6) is 0 Å². The number of nitrogens with one attached hydrogen (secondary N) is 1. The molecule has 0 atom stereocenters. The Hall–Kier alpha value is -3.93. The van der Waals surface area contributed by atoms with Crippen LogP contribution in [0.4, 0.5) is 5.82 Å². The average molecular weight is 467 g/mol.